The van der Waals surface area contributed by atoms with Gasteiger partial charge in [0, 0.05) is 37.8 Å². The Hall–Kier alpha value is -1.43. The Morgan fingerprint density at radius 1 is 0.804 bits per heavy atom. The first-order valence-electron chi connectivity index (χ1n) is 16.3. The predicted octanol–water partition coefficient (Wildman–Crippen LogP) is 1.69. The molecule has 4 fully saturated rings. The first kappa shape index (κ1) is 35.9. The second-order valence-electron chi connectivity index (χ2n) is 12.7. The average Bonchev–Trinajstić information content (AvgIpc) is 3.03. The van der Waals surface area contributed by atoms with Crippen LogP contribution in [0.15, 0.2) is 22.9 Å². The number of hydrogen-bond donors (Lipinski definition) is 4. The van der Waals surface area contributed by atoms with Crippen LogP contribution in [-0.4, -0.2) is 124 Å². The Balaban J connectivity index is 1.21. The van der Waals surface area contributed by atoms with Gasteiger partial charge in [0.25, 0.3) is 0 Å². The van der Waals surface area contributed by atoms with E-state index in [4.69, 9.17) is 28.4 Å². The van der Waals surface area contributed by atoms with Crippen LogP contribution in [0.4, 0.5) is 0 Å². The fourth-order valence-corrected chi connectivity index (χ4v) is 7.32. The number of carbonyl (C=O) groups excluding carboxylic acids is 2. The van der Waals surface area contributed by atoms with Crippen LogP contribution in [0.2, 0.25) is 0 Å². The van der Waals surface area contributed by atoms with Crippen molar-refractivity contribution in [1.29, 1.82) is 0 Å². The van der Waals surface area contributed by atoms with Crippen molar-refractivity contribution in [2.75, 3.05) is 13.2 Å². The summed E-state index contributed by atoms with van der Waals surface area (Å²) < 4.78 is 35.5. The number of halogens is 1. The highest BCUT2D eigenvalue weighted by atomic mass is 79.9. The fourth-order valence-electron chi connectivity index (χ4n) is 6.74. The number of aliphatic hydroxyl groups is 4. The molecule has 4 saturated heterocycles. The highest BCUT2D eigenvalue weighted by molar-refractivity contribution is 9.10. The van der Waals surface area contributed by atoms with Crippen LogP contribution in [0, 0.1) is 0 Å². The first-order valence-corrected chi connectivity index (χ1v) is 17.1. The summed E-state index contributed by atoms with van der Waals surface area (Å²) in [4.78, 5) is 31.2. The molecule has 0 aromatic carbocycles. The molecular weight excluding hydrogens is 670 g/mol. The van der Waals surface area contributed by atoms with Crippen molar-refractivity contribution in [3.63, 3.8) is 0 Å². The highest BCUT2D eigenvalue weighted by Crippen LogP contribution is 2.35. The number of nitrogens with zero attached hydrogens (tertiary/aromatic N) is 1. The summed E-state index contributed by atoms with van der Waals surface area (Å²) in [7, 11) is 0. The van der Waals surface area contributed by atoms with Gasteiger partial charge in [-0.3, -0.25) is 9.59 Å². The Kier molecular flexibility index (Phi) is 12.7. The summed E-state index contributed by atoms with van der Waals surface area (Å²) in [6, 6.07) is 3.48. The van der Waals surface area contributed by atoms with Crippen molar-refractivity contribution >= 4 is 27.5 Å². The van der Waals surface area contributed by atoms with Crippen LogP contribution in [0.1, 0.15) is 76.7 Å². The van der Waals surface area contributed by atoms with Gasteiger partial charge in [-0.05, 0) is 40.4 Å². The summed E-state index contributed by atoms with van der Waals surface area (Å²) in [6.07, 6.45) is -6.92. The van der Waals surface area contributed by atoms with Crippen molar-refractivity contribution in [3.8, 4) is 0 Å². The van der Waals surface area contributed by atoms with E-state index in [1.54, 1.807) is 18.3 Å². The summed E-state index contributed by atoms with van der Waals surface area (Å²) >= 11 is 3.43. The van der Waals surface area contributed by atoms with Gasteiger partial charge >= 0.3 is 0 Å². The van der Waals surface area contributed by atoms with Gasteiger partial charge in [-0.1, -0.05) is 32.8 Å². The number of ether oxygens (including phenoxy) is 6. The van der Waals surface area contributed by atoms with E-state index in [1.165, 1.54) is 0 Å². The van der Waals surface area contributed by atoms with Crippen LogP contribution >= 0.6 is 15.9 Å². The van der Waals surface area contributed by atoms with Crippen LogP contribution in [0.25, 0.3) is 0 Å². The molecule has 12 atom stereocenters. The average molecular weight is 717 g/mol. The molecule has 0 spiro atoms. The molecule has 4 aliphatic rings. The van der Waals surface area contributed by atoms with Crippen LogP contribution in [0.3, 0.4) is 0 Å². The van der Waals surface area contributed by atoms with Gasteiger partial charge in [-0.25, -0.2) is 4.98 Å². The van der Waals surface area contributed by atoms with Gasteiger partial charge in [0.05, 0.1) is 25.4 Å². The smallest absolute Gasteiger partial charge is 0.158 e. The van der Waals surface area contributed by atoms with E-state index in [9.17, 15) is 30.0 Å². The predicted molar refractivity (Wildman–Crippen MR) is 164 cm³/mol. The van der Waals surface area contributed by atoms with Crippen LogP contribution < -0.4 is 0 Å². The van der Waals surface area contributed by atoms with Gasteiger partial charge < -0.3 is 48.8 Å². The lowest BCUT2D eigenvalue weighted by Crippen LogP contribution is -2.63. The maximum atomic E-state index is 13.4. The number of aliphatic hydroxyl groups excluding tert-OH is 4. The maximum absolute atomic E-state index is 13.4. The summed E-state index contributed by atoms with van der Waals surface area (Å²) in [5.41, 5.74) is 0.645. The lowest BCUT2D eigenvalue weighted by Gasteiger charge is -2.46. The normalized spacial score (nSPS) is 38.4. The third kappa shape index (κ3) is 8.40. The minimum Gasteiger partial charge on any atom is -0.388 e. The number of aromatic nitrogens is 1. The number of pyridine rings is 1. The molecule has 0 saturated carbocycles. The minimum absolute atomic E-state index is 0.0692. The molecule has 4 N–H and O–H groups in total. The van der Waals surface area contributed by atoms with Gasteiger partial charge in [0.15, 0.2) is 12.6 Å². The monoisotopic (exact) mass is 715 g/mol. The van der Waals surface area contributed by atoms with Crippen molar-refractivity contribution in [3.05, 3.63) is 28.5 Å². The topological polar surface area (TPSA) is 183 Å². The van der Waals surface area contributed by atoms with E-state index in [0.717, 1.165) is 12.8 Å². The zero-order valence-electron chi connectivity index (χ0n) is 26.2. The Labute approximate surface area is 277 Å². The molecule has 0 bridgehead atoms. The number of ketones is 2. The maximum Gasteiger partial charge on any atom is 0.158 e. The molecule has 0 amide bonds. The van der Waals surface area contributed by atoms with Crippen molar-refractivity contribution in [1.82, 2.24) is 4.98 Å². The van der Waals surface area contributed by atoms with Crippen LogP contribution in [-0.2, 0) is 38.0 Å². The van der Waals surface area contributed by atoms with Gasteiger partial charge in [0.1, 0.15) is 65.0 Å². The third-order valence-electron chi connectivity index (χ3n) is 9.16. The van der Waals surface area contributed by atoms with Gasteiger partial charge in [0.2, 0.25) is 0 Å². The quantitative estimate of drug-likeness (QED) is 0.217. The van der Waals surface area contributed by atoms with E-state index in [2.05, 4.69) is 20.9 Å². The SMILES string of the molecule is CCCC1OC[C@H]2O[C@@H](CC(=O)CC(CC(=O)C[C@@H]3O[C@@H]4COC(CCC)O[C@H]4[C@H](O)[C@H]3O)c3cccnc3Br)[C@H](O)[C@@H](O)[C@@H]2O1. The zero-order chi connectivity index (χ0) is 33.0. The lowest BCUT2D eigenvalue weighted by atomic mass is 9.85. The molecule has 5 rings (SSSR count). The van der Waals surface area contributed by atoms with Gasteiger partial charge in [-0.15, -0.1) is 0 Å². The van der Waals surface area contributed by atoms with Crippen molar-refractivity contribution in [2.24, 2.45) is 0 Å². The number of hydrogen-bond acceptors (Lipinski definition) is 13. The van der Waals surface area contributed by atoms with E-state index in [0.29, 0.717) is 23.0 Å². The van der Waals surface area contributed by atoms with E-state index >= 15 is 0 Å². The first-order chi connectivity index (χ1) is 22.1. The number of fused-ring (bicyclic) bond motifs is 2. The molecule has 46 heavy (non-hydrogen) atoms. The Bertz CT molecular complexity index is 1110. The Morgan fingerprint density at radius 2 is 1.28 bits per heavy atom. The van der Waals surface area contributed by atoms with Crippen molar-refractivity contribution < 1.29 is 58.4 Å². The number of carbonyl (C=O) groups is 2. The number of rotatable bonds is 13. The second kappa shape index (κ2) is 16.3. The molecule has 2 unspecified atom stereocenters. The summed E-state index contributed by atoms with van der Waals surface area (Å²) in [5, 5.41) is 43.3. The molecule has 13 nitrogen and oxygen atoms in total. The summed E-state index contributed by atoms with van der Waals surface area (Å²) in [6.45, 7) is 4.33. The molecule has 1 aromatic rings. The summed E-state index contributed by atoms with van der Waals surface area (Å²) in [5.74, 6) is -1.16. The number of Topliss-reactive ketones (excluding diaryl/α,β-unsaturated/α-hetero) is 2. The minimum atomic E-state index is -1.35. The largest absolute Gasteiger partial charge is 0.388 e. The zero-order valence-corrected chi connectivity index (χ0v) is 27.8. The highest BCUT2D eigenvalue weighted by Gasteiger charge is 2.50. The molecule has 5 heterocycles. The van der Waals surface area contributed by atoms with E-state index in [1.807, 2.05) is 13.8 Å². The standard InChI is InChI=1S/C32H46BrNO12/c1-3-6-24-41-14-22-30(45-24)28(39)26(37)20(43-22)12-17(35)10-16(19-8-5-9-34-32(19)33)11-18(36)13-21-27(38)29(40)31-23(44-21)15-42-25(46-31)7-4-2/h5,8-9,16,20-31,37-40H,3-4,6-7,10-15H2,1-2H3/t16?,20-,21-,22+,23+,24?,25?,26-,27-,28+,29+,30+,31+/m0/s1. The van der Waals surface area contributed by atoms with E-state index in [-0.39, 0.29) is 50.5 Å². The lowest BCUT2D eigenvalue weighted by molar-refractivity contribution is -0.325. The third-order valence-corrected chi connectivity index (χ3v) is 9.82. The molecule has 0 aliphatic carbocycles. The van der Waals surface area contributed by atoms with Crippen molar-refractivity contribution in [2.45, 2.75) is 145 Å². The fraction of sp³-hybridized carbons (Fsp3) is 0.781. The molecular formula is C32H46BrNO12. The van der Waals surface area contributed by atoms with E-state index < -0.39 is 79.5 Å². The molecule has 1 aromatic heterocycles. The Morgan fingerprint density at radius 3 is 1.72 bits per heavy atom. The molecule has 14 heteroatoms. The van der Waals surface area contributed by atoms with Gasteiger partial charge in [-0.2, -0.15) is 0 Å². The second-order valence-corrected chi connectivity index (χ2v) is 13.4. The molecule has 258 valence electrons. The van der Waals surface area contributed by atoms with Crippen LogP contribution in [0.5, 0.6) is 0 Å². The molecule has 4 aliphatic heterocycles. The molecule has 0 radical (unpaired) electrons.